The Labute approximate surface area is 189 Å². The Bertz CT molecular complexity index is 630. The number of hydrogen-bond acceptors (Lipinski definition) is 9. The summed E-state index contributed by atoms with van der Waals surface area (Å²) in [6.07, 6.45) is -2.29. The lowest BCUT2D eigenvalue weighted by Gasteiger charge is -2.27. The second-order valence-electron chi connectivity index (χ2n) is 8.22. The second kappa shape index (κ2) is 14.9. The van der Waals surface area contributed by atoms with Gasteiger partial charge in [-0.05, 0) is 32.2 Å². The Morgan fingerprint density at radius 3 is 1.88 bits per heavy atom. The molecule has 0 aromatic rings. The van der Waals surface area contributed by atoms with E-state index in [9.17, 15) is 29.4 Å². The average molecular weight is 461 g/mol. The van der Waals surface area contributed by atoms with E-state index in [1.54, 1.807) is 6.92 Å². The van der Waals surface area contributed by atoms with E-state index in [0.717, 1.165) is 0 Å². The lowest BCUT2D eigenvalue weighted by atomic mass is 9.99. The first-order valence-electron chi connectivity index (χ1n) is 10.8. The van der Waals surface area contributed by atoms with Crippen LogP contribution in [0.2, 0.25) is 0 Å². The fraction of sp³-hybridized carbons (Fsp3) is 0.800. The van der Waals surface area contributed by atoms with Crippen LogP contribution in [0.4, 0.5) is 0 Å². The van der Waals surface area contributed by atoms with Gasteiger partial charge >= 0.3 is 0 Å². The summed E-state index contributed by atoms with van der Waals surface area (Å²) >= 11 is 0. The van der Waals surface area contributed by atoms with Crippen molar-refractivity contribution in [3.8, 4) is 0 Å². The molecule has 0 spiro atoms. The van der Waals surface area contributed by atoms with Crippen LogP contribution in [0.3, 0.4) is 0 Å². The average Bonchev–Trinajstić information content (AvgIpc) is 2.72. The van der Waals surface area contributed by atoms with Crippen LogP contribution in [0, 0.1) is 5.92 Å². The molecule has 0 aromatic heterocycles. The van der Waals surface area contributed by atoms with Crippen molar-refractivity contribution < 1.29 is 29.4 Å². The van der Waals surface area contributed by atoms with Gasteiger partial charge in [0, 0.05) is 19.0 Å². The highest BCUT2D eigenvalue weighted by Gasteiger charge is 2.33. The maximum Gasteiger partial charge on any atom is 0.251 e. The van der Waals surface area contributed by atoms with Crippen molar-refractivity contribution in [1.29, 1.82) is 0 Å². The van der Waals surface area contributed by atoms with Crippen molar-refractivity contribution >= 4 is 23.5 Å². The van der Waals surface area contributed by atoms with E-state index in [1.165, 1.54) is 6.92 Å². The molecular formula is C20H40N6O6. The molecule has 3 amide bonds. The fourth-order valence-corrected chi connectivity index (χ4v) is 3.00. The molecule has 0 bridgehead atoms. The number of hydrogen-bond donors (Lipinski definition) is 8. The number of nitrogens with two attached hydrogens (primary N) is 3. The predicted octanol–water partition coefficient (Wildman–Crippen LogP) is -3.16. The van der Waals surface area contributed by atoms with Crippen molar-refractivity contribution in [1.82, 2.24) is 16.0 Å². The Hall–Kier alpha value is -2.12. The minimum absolute atomic E-state index is 0.0115. The summed E-state index contributed by atoms with van der Waals surface area (Å²) < 4.78 is 0. The Morgan fingerprint density at radius 2 is 1.44 bits per heavy atom. The van der Waals surface area contributed by atoms with Gasteiger partial charge in [-0.25, -0.2) is 0 Å². The topological polar surface area (TPSA) is 223 Å². The molecule has 0 aliphatic carbocycles. The van der Waals surface area contributed by atoms with Crippen LogP contribution in [0.1, 0.15) is 47.0 Å². The zero-order valence-corrected chi connectivity index (χ0v) is 19.3. The van der Waals surface area contributed by atoms with E-state index >= 15 is 0 Å². The fourth-order valence-electron chi connectivity index (χ4n) is 3.00. The van der Waals surface area contributed by atoms with Crippen LogP contribution in [-0.4, -0.2) is 83.2 Å². The number of nitrogens with one attached hydrogen (secondary N) is 3. The van der Waals surface area contributed by atoms with Crippen LogP contribution in [-0.2, 0) is 19.2 Å². The maximum absolute atomic E-state index is 12.7. The largest absolute Gasteiger partial charge is 0.391 e. The molecule has 0 saturated carbocycles. The van der Waals surface area contributed by atoms with Gasteiger partial charge in [-0.15, -0.1) is 0 Å². The highest BCUT2D eigenvalue weighted by molar-refractivity contribution is 5.95. The third-order valence-electron chi connectivity index (χ3n) is 4.86. The minimum Gasteiger partial charge on any atom is -0.391 e. The van der Waals surface area contributed by atoms with Gasteiger partial charge in [0.15, 0.2) is 5.78 Å². The number of aliphatic hydroxyl groups excluding tert-OH is 2. The van der Waals surface area contributed by atoms with Crippen LogP contribution in [0.25, 0.3) is 0 Å². The quantitative estimate of drug-likeness (QED) is 0.123. The molecule has 0 radical (unpaired) electrons. The Kier molecular flexibility index (Phi) is 13.9. The number of Topliss-reactive ketones (excluding diaryl/α,β-unsaturated/α-hetero) is 1. The first-order chi connectivity index (χ1) is 14.9. The Morgan fingerprint density at radius 1 is 0.875 bits per heavy atom. The number of ketones is 1. The number of amides is 3. The molecule has 1 unspecified atom stereocenters. The molecule has 11 N–H and O–H groups in total. The molecule has 0 aromatic carbocycles. The van der Waals surface area contributed by atoms with E-state index in [4.69, 9.17) is 17.2 Å². The summed E-state index contributed by atoms with van der Waals surface area (Å²) in [7, 11) is 0. The van der Waals surface area contributed by atoms with Crippen LogP contribution in [0.15, 0.2) is 0 Å². The van der Waals surface area contributed by atoms with Crippen LogP contribution >= 0.6 is 0 Å². The van der Waals surface area contributed by atoms with E-state index in [-0.39, 0.29) is 37.6 Å². The second-order valence-corrected chi connectivity index (χ2v) is 8.22. The first-order valence-corrected chi connectivity index (χ1v) is 10.8. The van der Waals surface area contributed by atoms with Crippen molar-refractivity contribution in [2.75, 3.05) is 13.1 Å². The van der Waals surface area contributed by atoms with Gasteiger partial charge < -0.3 is 43.4 Å². The molecule has 6 atom stereocenters. The van der Waals surface area contributed by atoms with Crippen molar-refractivity contribution in [3.63, 3.8) is 0 Å². The van der Waals surface area contributed by atoms with Gasteiger partial charge in [0.05, 0.1) is 12.1 Å². The third kappa shape index (κ3) is 10.0. The summed E-state index contributed by atoms with van der Waals surface area (Å²) in [6, 6.07) is -4.36. The molecule has 0 saturated heterocycles. The molecule has 0 rings (SSSR count). The number of carbonyl (C=O) groups excluding carboxylic acids is 4. The lowest BCUT2D eigenvalue weighted by Crippen LogP contribution is -2.61. The molecule has 12 heteroatoms. The molecule has 0 aliphatic heterocycles. The molecule has 12 nitrogen and oxygen atoms in total. The van der Waals surface area contributed by atoms with Crippen molar-refractivity contribution in [2.45, 2.75) is 83.3 Å². The molecule has 0 fully saturated rings. The first kappa shape index (κ1) is 29.9. The van der Waals surface area contributed by atoms with Gasteiger partial charge in [-0.2, -0.15) is 0 Å². The summed E-state index contributed by atoms with van der Waals surface area (Å²) in [4.78, 5) is 49.5. The smallest absolute Gasteiger partial charge is 0.251 e. The molecule has 32 heavy (non-hydrogen) atoms. The summed E-state index contributed by atoms with van der Waals surface area (Å²) in [6.45, 7) is 6.57. The number of aliphatic hydroxyl groups is 2. The maximum atomic E-state index is 12.7. The van der Waals surface area contributed by atoms with Crippen molar-refractivity contribution in [3.05, 3.63) is 0 Å². The number of rotatable bonds is 15. The Balaban J connectivity index is 5.30. The van der Waals surface area contributed by atoms with E-state index in [0.29, 0.717) is 6.42 Å². The standard InChI is InChI=1S/C20H40N6O6/c1-5-15(28)14(9-22)25-19(31)16(11(4)27)26-18(30)13(6-7-21)24-20(32)17(29)12(23)8-10(2)3/h10-14,16-17,27,29H,5-9,21-23H2,1-4H3,(H,24,32)(H,25,31)(H,26,30)/t11?,12-,13-,14-,16-,17-/m0/s1. The normalized spacial score (nSPS) is 16.9. The van der Waals surface area contributed by atoms with Gasteiger partial charge in [-0.3, -0.25) is 19.2 Å². The van der Waals surface area contributed by atoms with Gasteiger partial charge in [-0.1, -0.05) is 20.8 Å². The van der Waals surface area contributed by atoms with Crippen molar-refractivity contribution in [2.24, 2.45) is 23.1 Å². The summed E-state index contributed by atoms with van der Waals surface area (Å²) in [5.74, 6) is -2.58. The molecule has 0 aliphatic rings. The SMILES string of the molecule is CCC(=O)[C@H](CN)NC(=O)[C@@H](NC(=O)[C@H](CCN)NC(=O)[C@@H](O)[C@@H](N)CC(C)C)C(C)O. The lowest BCUT2D eigenvalue weighted by molar-refractivity contribution is -0.137. The monoisotopic (exact) mass is 460 g/mol. The molecular weight excluding hydrogens is 420 g/mol. The van der Waals surface area contributed by atoms with Crippen LogP contribution in [0.5, 0.6) is 0 Å². The summed E-state index contributed by atoms with van der Waals surface area (Å²) in [5, 5.41) is 27.3. The van der Waals surface area contributed by atoms with Gasteiger partial charge in [0.1, 0.15) is 18.2 Å². The van der Waals surface area contributed by atoms with Gasteiger partial charge in [0.25, 0.3) is 5.91 Å². The number of carbonyl (C=O) groups is 4. The zero-order chi connectivity index (χ0) is 25.0. The minimum atomic E-state index is -1.54. The van der Waals surface area contributed by atoms with Gasteiger partial charge in [0.2, 0.25) is 11.8 Å². The van der Waals surface area contributed by atoms with E-state index in [2.05, 4.69) is 16.0 Å². The summed E-state index contributed by atoms with van der Waals surface area (Å²) in [5.41, 5.74) is 16.9. The van der Waals surface area contributed by atoms with E-state index < -0.39 is 54.1 Å². The molecule has 0 heterocycles. The zero-order valence-electron chi connectivity index (χ0n) is 19.3. The van der Waals surface area contributed by atoms with E-state index in [1.807, 2.05) is 13.8 Å². The predicted molar refractivity (Wildman–Crippen MR) is 119 cm³/mol. The third-order valence-corrected chi connectivity index (χ3v) is 4.86. The highest BCUT2D eigenvalue weighted by atomic mass is 16.3. The molecule has 186 valence electrons. The van der Waals surface area contributed by atoms with Crippen LogP contribution < -0.4 is 33.2 Å². The highest BCUT2D eigenvalue weighted by Crippen LogP contribution is 2.07.